The maximum Gasteiger partial charge on any atom is 0.379 e. The van der Waals surface area contributed by atoms with Crippen LogP contribution in [0.5, 0.6) is 0 Å². The molecule has 1 aromatic rings. The van der Waals surface area contributed by atoms with Crippen molar-refractivity contribution in [1.29, 1.82) is 0 Å². The molecule has 0 N–H and O–H groups in total. The predicted molar refractivity (Wildman–Crippen MR) is 62.9 cm³/mol. The summed E-state index contributed by atoms with van der Waals surface area (Å²) >= 11 is 0. The number of methoxy groups -OCH3 is 1. The van der Waals surface area contributed by atoms with Crippen LogP contribution in [0.3, 0.4) is 0 Å². The Hall–Kier alpha value is -1.68. The van der Waals surface area contributed by atoms with Crippen LogP contribution in [0.1, 0.15) is 28.4 Å². The van der Waals surface area contributed by atoms with E-state index in [1.807, 2.05) is 6.07 Å². The summed E-state index contributed by atoms with van der Waals surface area (Å²) in [6, 6.07) is 5.22. The number of ether oxygens (including phenoxy) is 2. The lowest BCUT2D eigenvalue weighted by Gasteiger charge is -2.07. The summed E-state index contributed by atoms with van der Waals surface area (Å²) in [5, 5.41) is 0. The summed E-state index contributed by atoms with van der Waals surface area (Å²) in [4.78, 5) is 23.0. The van der Waals surface area contributed by atoms with Crippen LogP contribution in [-0.2, 0) is 20.9 Å². The van der Waals surface area contributed by atoms with E-state index in [9.17, 15) is 9.59 Å². The molecule has 0 spiro atoms. The molecule has 0 unspecified atom stereocenters. The molecule has 0 aliphatic rings. The van der Waals surface area contributed by atoms with E-state index in [0.29, 0.717) is 12.2 Å². The first-order valence-corrected chi connectivity index (χ1v) is 5.40. The molecule has 0 aromatic heterocycles. The molecule has 1 rings (SSSR count). The number of carbonyl (C=O) groups is 2. The highest BCUT2D eigenvalue weighted by Crippen LogP contribution is 2.13. The van der Waals surface area contributed by atoms with Gasteiger partial charge in [-0.3, -0.25) is 4.79 Å². The molecule has 92 valence electrons. The molecule has 0 radical (unpaired) electrons. The number of hydrogen-bond donors (Lipinski definition) is 0. The molecule has 0 saturated heterocycles. The largest absolute Gasteiger partial charge is 0.460 e. The lowest BCUT2D eigenvalue weighted by Crippen LogP contribution is -2.18. The van der Waals surface area contributed by atoms with Crippen LogP contribution in [0.15, 0.2) is 18.2 Å². The Kier molecular flexibility index (Phi) is 4.84. The Morgan fingerprint density at radius 2 is 2.00 bits per heavy atom. The molecule has 4 heteroatoms. The van der Waals surface area contributed by atoms with Crippen molar-refractivity contribution >= 4 is 11.8 Å². The average Bonchev–Trinajstić information content (AvgIpc) is 2.29. The number of Topliss-reactive ketones (excluding diaryl/α,β-unsaturated/α-hetero) is 1. The molecule has 0 saturated carbocycles. The maximum atomic E-state index is 11.7. The summed E-state index contributed by atoms with van der Waals surface area (Å²) in [6.45, 7) is 4.13. The molecule has 0 amide bonds. The summed E-state index contributed by atoms with van der Waals surface area (Å²) in [6.07, 6.45) is 0. The number of carbonyl (C=O) groups excluding carboxylic acids is 2. The van der Waals surface area contributed by atoms with E-state index in [1.54, 1.807) is 33.1 Å². The van der Waals surface area contributed by atoms with E-state index in [0.717, 1.165) is 11.1 Å². The SMILES string of the molecule is CCOC(=O)C(=O)c1ccc(COC)cc1C. The normalized spacial score (nSPS) is 10.1. The summed E-state index contributed by atoms with van der Waals surface area (Å²) in [5.41, 5.74) is 2.09. The summed E-state index contributed by atoms with van der Waals surface area (Å²) in [5.74, 6) is -1.41. The first-order chi connectivity index (χ1) is 8.10. The van der Waals surface area contributed by atoms with Gasteiger partial charge in [-0.1, -0.05) is 18.2 Å². The van der Waals surface area contributed by atoms with E-state index >= 15 is 0 Å². The van der Waals surface area contributed by atoms with Crippen LogP contribution in [0.25, 0.3) is 0 Å². The Morgan fingerprint density at radius 3 is 2.53 bits per heavy atom. The third-order valence-corrected chi connectivity index (χ3v) is 2.31. The summed E-state index contributed by atoms with van der Waals surface area (Å²) in [7, 11) is 1.60. The standard InChI is InChI=1S/C13H16O4/c1-4-17-13(15)12(14)11-6-5-10(8-16-3)7-9(11)2/h5-7H,4,8H2,1-3H3. The van der Waals surface area contributed by atoms with Gasteiger partial charge < -0.3 is 9.47 Å². The highest BCUT2D eigenvalue weighted by molar-refractivity contribution is 6.41. The van der Waals surface area contributed by atoms with Gasteiger partial charge in [0.15, 0.2) is 0 Å². The second kappa shape index (κ2) is 6.15. The van der Waals surface area contributed by atoms with Gasteiger partial charge in [0.05, 0.1) is 13.2 Å². The fraction of sp³-hybridized carbons (Fsp3) is 0.385. The zero-order valence-electron chi connectivity index (χ0n) is 10.3. The number of ketones is 1. The highest BCUT2D eigenvalue weighted by atomic mass is 16.5. The van der Waals surface area contributed by atoms with Gasteiger partial charge in [-0.2, -0.15) is 0 Å². The molecule has 4 nitrogen and oxygen atoms in total. The quantitative estimate of drug-likeness (QED) is 0.445. The Bertz CT molecular complexity index is 423. The van der Waals surface area contributed by atoms with Crippen molar-refractivity contribution in [2.45, 2.75) is 20.5 Å². The van der Waals surface area contributed by atoms with Gasteiger partial charge >= 0.3 is 5.97 Å². The topological polar surface area (TPSA) is 52.6 Å². The smallest absolute Gasteiger partial charge is 0.379 e. The number of rotatable bonds is 5. The first kappa shape index (κ1) is 13.4. The minimum Gasteiger partial charge on any atom is -0.460 e. The predicted octanol–water partition coefficient (Wildman–Crippen LogP) is 1.89. The van der Waals surface area contributed by atoms with Crippen molar-refractivity contribution in [2.75, 3.05) is 13.7 Å². The summed E-state index contributed by atoms with van der Waals surface area (Å²) < 4.78 is 9.67. The van der Waals surface area contributed by atoms with Gasteiger partial charge in [-0.15, -0.1) is 0 Å². The number of aryl methyl sites for hydroxylation is 1. The molecule has 0 fully saturated rings. The Labute approximate surface area is 101 Å². The van der Waals surface area contributed by atoms with E-state index in [1.165, 1.54) is 0 Å². The molecular formula is C13H16O4. The maximum absolute atomic E-state index is 11.7. The number of hydrogen-bond acceptors (Lipinski definition) is 4. The van der Waals surface area contributed by atoms with Crippen molar-refractivity contribution in [3.8, 4) is 0 Å². The molecule has 17 heavy (non-hydrogen) atoms. The van der Waals surface area contributed by atoms with Crippen molar-refractivity contribution in [1.82, 2.24) is 0 Å². The second-order valence-electron chi connectivity index (χ2n) is 3.63. The molecule has 0 bridgehead atoms. The highest BCUT2D eigenvalue weighted by Gasteiger charge is 2.19. The zero-order chi connectivity index (χ0) is 12.8. The van der Waals surface area contributed by atoms with E-state index < -0.39 is 11.8 Å². The zero-order valence-corrected chi connectivity index (χ0v) is 10.3. The minimum atomic E-state index is -0.810. The number of esters is 1. The van der Waals surface area contributed by atoms with Crippen molar-refractivity contribution < 1.29 is 19.1 Å². The van der Waals surface area contributed by atoms with E-state index in [-0.39, 0.29) is 6.61 Å². The van der Waals surface area contributed by atoms with Crippen LogP contribution in [-0.4, -0.2) is 25.5 Å². The van der Waals surface area contributed by atoms with Gasteiger partial charge in [0.1, 0.15) is 0 Å². The van der Waals surface area contributed by atoms with E-state index in [4.69, 9.17) is 4.74 Å². The van der Waals surface area contributed by atoms with Gasteiger partial charge in [0.25, 0.3) is 5.78 Å². The average molecular weight is 236 g/mol. The molecule has 0 atom stereocenters. The van der Waals surface area contributed by atoms with Gasteiger partial charge in [0, 0.05) is 12.7 Å². The van der Waals surface area contributed by atoms with Crippen LogP contribution in [0.2, 0.25) is 0 Å². The van der Waals surface area contributed by atoms with Crippen molar-refractivity contribution in [3.05, 3.63) is 34.9 Å². The van der Waals surface area contributed by atoms with Crippen LogP contribution in [0.4, 0.5) is 0 Å². The van der Waals surface area contributed by atoms with Crippen molar-refractivity contribution in [3.63, 3.8) is 0 Å². The van der Waals surface area contributed by atoms with E-state index in [2.05, 4.69) is 4.74 Å². The third kappa shape index (κ3) is 3.39. The van der Waals surface area contributed by atoms with Crippen LogP contribution in [0, 0.1) is 6.92 Å². The fourth-order valence-corrected chi connectivity index (χ4v) is 1.54. The monoisotopic (exact) mass is 236 g/mol. The third-order valence-electron chi connectivity index (χ3n) is 2.31. The van der Waals surface area contributed by atoms with Crippen LogP contribution < -0.4 is 0 Å². The molecule has 1 aromatic carbocycles. The lowest BCUT2D eigenvalue weighted by molar-refractivity contribution is -0.137. The van der Waals surface area contributed by atoms with Gasteiger partial charge in [-0.05, 0) is 25.0 Å². The molecule has 0 aliphatic carbocycles. The Morgan fingerprint density at radius 1 is 1.29 bits per heavy atom. The second-order valence-corrected chi connectivity index (χ2v) is 3.63. The van der Waals surface area contributed by atoms with Crippen molar-refractivity contribution in [2.24, 2.45) is 0 Å². The minimum absolute atomic E-state index is 0.200. The fourth-order valence-electron chi connectivity index (χ4n) is 1.54. The molecule has 0 aliphatic heterocycles. The first-order valence-electron chi connectivity index (χ1n) is 5.40. The molecular weight excluding hydrogens is 220 g/mol. The lowest BCUT2D eigenvalue weighted by atomic mass is 10.0. The van der Waals surface area contributed by atoms with Gasteiger partial charge in [0.2, 0.25) is 0 Å². The molecule has 0 heterocycles. The van der Waals surface area contributed by atoms with Gasteiger partial charge in [-0.25, -0.2) is 4.79 Å². The Balaban J connectivity index is 2.92. The number of benzene rings is 1. The van der Waals surface area contributed by atoms with Crippen LogP contribution >= 0.6 is 0 Å².